The second-order valence-corrected chi connectivity index (χ2v) is 12.7. The average molecular weight is 656 g/mol. The number of carbonyl (C=O) groups excluding carboxylic acids is 1. The third kappa shape index (κ3) is 4.50. The Morgan fingerprint density at radius 3 is 2.27 bits per heavy atom. The van der Waals surface area contributed by atoms with E-state index in [4.69, 9.17) is 6.58 Å². The molecule has 0 atom stereocenters. The SMILES string of the molecule is C=C1/C=C\C=C/CN(C(=O)c2cscc2Br)C2=CCC=CC=C2C12c1ccccc1N(c1ccc(C)cc1)c1ccccc12. The quantitative estimate of drug-likeness (QED) is 0.215. The van der Waals surface area contributed by atoms with E-state index in [-0.39, 0.29) is 5.91 Å². The minimum atomic E-state index is -0.777. The van der Waals surface area contributed by atoms with Gasteiger partial charge >= 0.3 is 0 Å². The van der Waals surface area contributed by atoms with E-state index in [1.807, 2.05) is 33.9 Å². The summed E-state index contributed by atoms with van der Waals surface area (Å²) < 4.78 is 0.813. The molecule has 3 nitrogen and oxygen atoms in total. The standard InChI is InChI=1S/C39H31BrN2OS/c1-27-20-22-29(23-21-27)42-36-18-10-8-15-32(36)39(33-16-9-11-19-37(33)42)28(2)13-5-4-12-24-41(35-17-7-3-6-14-31(35)39)38(43)30-25-44-26-34(30)40/h3-6,8-23,25-26H,2,7,24H2,1H3/b12-4-,13-5-. The van der Waals surface area contributed by atoms with E-state index in [0.717, 1.165) is 49.5 Å². The molecule has 216 valence electrons. The van der Waals surface area contributed by atoms with Crippen LogP contribution in [-0.2, 0) is 5.41 Å². The lowest BCUT2D eigenvalue weighted by Gasteiger charge is -2.48. The Bertz CT molecular complexity index is 1890. The zero-order valence-corrected chi connectivity index (χ0v) is 26.8. The maximum absolute atomic E-state index is 14.4. The van der Waals surface area contributed by atoms with Crippen molar-refractivity contribution >= 4 is 50.2 Å². The fraction of sp³-hybridized carbons (Fsp3) is 0.103. The van der Waals surface area contributed by atoms with Crippen LogP contribution in [0.3, 0.4) is 0 Å². The summed E-state index contributed by atoms with van der Waals surface area (Å²) in [5.41, 5.74) is 9.47. The normalized spacial score (nSPS) is 18.4. The number of para-hydroxylation sites is 2. The molecule has 1 amide bonds. The number of anilines is 3. The summed E-state index contributed by atoms with van der Waals surface area (Å²) in [5, 5.41) is 3.89. The molecule has 0 N–H and O–H groups in total. The maximum atomic E-state index is 14.4. The lowest BCUT2D eigenvalue weighted by atomic mass is 9.60. The van der Waals surface area contributed by atoms with Gasteiger partial charge in [-0.15, -0.1) is 0 Å². The van der Waals surface area contributed by atoms with Crippen LogP contribution in [0.15, 0.2) is 160 Å². The number of hydrogen-bond donors (Lipinski definition) is 0. The zero-order valence-electron chi connectivity index (χ0n) is 24.4. The number of allylic oxidation sites excluding steroid dienone is 9. The molecule has 0 saturated carbocycles. The van der Waals surface area contributed by atoms with Crippen molar-refractivity contribution in [2.75, 3.05) is 11.4 Å². The number of benzene rings is 3. The molecule has 3 aromatic carbocycles. The van der Waals surface area contributed by atoms with Gasteiger partial charge in [0.1, 0.15) is 0 Å². The molecule has 5 heteroatoms. The van der Waals surface area contributed by atoms with E-state index >= 15 is 0 Å². The number of carbonyl (C=O) groups is 1. The molecule has 0 bridgehead atoms. The molecule has 0 unspecified atom stereocenters. The van der Waals surface area contributed by atoms with Gasteiger partial charge in [-0.3, -0.25) is 4.79 Å². The van der Waals surface area contributed by atoms with E-state index in [0.29, 0.717) is 18.5 Å². The van der Waals surface area contributed by atoms with Crippen molar-refractivity contribution in [2.24, 2.45) is 0 Å². The van der Waals surface area contributed by atoms with Gasteiger partial charge in [0.05, 0.1) is 22.4 Å². The minimum Gasteiger partial charge on any atom is -0.310 e. The number of aryl methyl sites for hydroxylation is 1. The first-order valence-electron chi connectivity index (χ1n) is 14.7. The number of amides is 1. The maximum Gasteiger partial charge on any atom is 0.260 e. The lowest BCUT2D eigenvalue weighted by molar-refractivity contribution is 0.0820. The predicted molar refractivity (Wildman–Crippen MR) is 187 cm³/mol. The molecule has 4 aromatic rings. The van der Waals surface area contributed by atoms with E-state index < -0.39 is 5.41 Å². The van der Waals surface area contributed by atoms with Crippen LogP contribution in [0.1, 0.15) is 33.5 Å². The number of fused-ring (bicyclic) bond motifs is 6. The first-order chi connectivity index (χ1) is 21.5. The van der Waals surface area contributed by atoms with Crippen LogP contribution in [0.2, 0.25) is 0 Å². The lowest BCUT2D eigenvalue weighted by Crippen LogP contribution is -2.42. The van der Waals surface area contributed by atoms with Crippen molar-refractivity contribution in [3.63, 3.8) is 0 Å². The third-order valence-corrected chi connectivity index (χ3v) is 10.3. The Hall–Kier alpha value is -4.45. The highest BCUT2D eigenvalue weighted by Gasteiger charge is 2.49. The second kappa shape index (κ2) is 11.6. The van der Waals surface area contributed by atoms with Crippen LogP contribution >= 0.6 is 27.3 Å². The molecular weight excluding hydrogens is 624 g/mol. The molecule has 7 rings (SSSR count). The van der Waals surface area contributed by atoms with Gasteiger partial charge in [0.25, 0.3) is 5.91 Å². The molecule has 1 aromatic heterocycles. The van der Waals surface area contributed by atoms with Crippen LogP contribution in [-0.4, -0.2) is 17.4 Å². The molecule has 0 fully saturated rings. The highest BCUT2D eigenvalue weighted by molar-refractivity contribution is 9.10. The van der Waals surface area contributed by atoms with Crippen molar-refractivity contribution in [1.29, 1.82) is 0 Å². The second-order valence-electron chi connectivity index (χ2n) is 11.2. The summed E-state index contributed by atoms with van der Waals surface area (Å²) in [6.07, 6.45) is 17.6. The monoisotopic (exact) mass is 654 g/mol. The molecule has 0 radical (unpaired) electrons. The summed E-state index contributed by atoms with van der Waals surface area (Å²) in [7, 11) is 0. The number of nitrogens with zero attached hydrogens (tertiary/aromatic N) is 2. The molecular formula is C39H31BrN2OS. The molecule has 1 spiro atoms. The first-order valence-corrected chi connectivity index (χ1v) is 16.4. The summed E-state index contributed by atoms with van der Waals surface area (Å²) in [6, 6.07) is 26.0. The highest BCUT2D eigenvalue weighted by atomic mass is 79.9. The van der Waals surface area contributed by atoms with Gasteiger partial charge in [0, 0.05) is 33.2 Å². The summed E-state index contributed by atoms with van der Waals surface area (Å²) in [5.74, 6) is -0.0363. The van der Waals surface area contributed by atoms with Crippen LogP contribution in [0.25, 0.3) is 0 Å². The Kier molecular flexibility index (Phi) is 7.45. The van der Waals surface area contributed by atoms with E-state index in [1.165, 1.54) is 16.9 Å². The summed E-state index contributed by atoms with van der Waals surface area (Å²) in [4.78, 5) is 18.6. The van der Waals surface area contributed by atoms with Crippen LogP contribution in [0, 0.1) is 6.92 Å². The number of thiophene rings is 1. The molecule has 0 saturated heterocycles. The van der Waals surface area contributed by atoms with Gasteiger partial charge in [0.15, 0.2) is 0 Å². The predicted octanol–water partition coefficient (Wildman–Crippen LogP) is 10.5. The van der Waals surface area contributed by atoms with E-state index in [2.05, 4.69) is 131 Å². The average Bonchev–Trinajstić information content (AvgIpc) is 3.33. The van der Waals surface area contributed by atoms with Gasteiger partial charge in [-0.2, -0.15) is 11.3 Å². The van der Waals surface area contributed by atoms with Crippen molar-refractivity contribution < 1.29 is 4.79 Å². The smallest absolute Gasteiger partial charge is 0.260 e. The largest absolute Gasteiger partial charge is 0.310 e. The Morgan fingerprint density at radius 1 is 0.886 bits per heavy atom. The number of halogens is 1. The van der Waals surface area contributed by atoms with Gasteiger partial charge in [0.2, 0.25) is 0 Å². The van der Waals surface area contributed by atoms with Crippen molar-refractivity contribution in [2.45, 2.75) is 18.8 Å². The third-order valence-electron chi connectivity index (χ3n) is 8.61. The molecule has 1 aliphatic carbocycles. The topological polar surface area (TPSA) is 23.6 Å². The van der Waals surface area contributed by atoms with E-state index in [9.17, 15) is 4.79 Å². The van der Waals surface area contributed by atoms with Gasteiger partial charge in [-0.1, -0.05) is 109 Å². The van der Waals surface area contributed by atoms with E-state index in [1.54, 1.807) is 0 Å². The Balaban J connectivity index is 1.55. The number of rotatable bonds is 2. The summed E-state index contributed by atoms with van der Waals surface area (Å²) >= 11 is 5.14. The zero-order chi connectivity index (χ0) is 30.3. The Labute approximate surface area is 271 Å². The van der Waals surface area contributed by atoms with Crippen LogP contribution < -0.4 is 4.90 Å². The van der Waals surface area contributed by atoms with Crippen molar-refractivity contribution in [1.82, 2.24) is 4.90 Å². The molecule has 44 heavy (non-hydrogen) atoms. The van der Waals surface area contributed by atoms with Gasteiger partial charge < -0.3 is 9.80 Å². The van der Waals surface area contributed by atoms with Crippen LogP contribution in [0.4, 0.5) is 17.1 Å². The minimum absolute atomic E-state index is 0.0363. The van der Waals surface area contributed by atoms with Crippen molar-refractivity contribution in [3.8, 4) is 0 Å². The molecule has 3 aliphatic rings. The van der Waals surface area contributed by atoms with Crippen LogP contribution in [0.5, 0.6) is 0 Å². The summed E-state index contributed by atoms with van der Waals surface area (Å²) in [6.45, 7) is 7.34. The van der Waals surface area contributed by atoms with Crippen molar-refractivity contribution in [3.05, 3.63) is 182 Å². The Morgan fingerprint density at radius 2 is 1.59 bits per heavy atom. The molecule has 3 heterocycles. The first kappa shape index (κ1) is 28.3. The van der Waals surface area contributed by atoms with Gasteiger partial charge in [-0.25, -0.2) is 0 Å². The highest BCUT2D eigenvalue weighted by Crippen LogP contribution is 2.59. The molecule has 2 aliphatic heterocycles. The fourth-order valence-electron chi connectivity index (χ4n) is 6.63. The van der Waals surface area contributed by atoms with Gasteiger partial charge in [-0.05, 0) is 75.8 Å². The number of hydrogen-bond acceptors (Lipinski definition) is 3. The fourth-order valence-corrected chi connectivity index (χ4v) is 8.07.